The Hall–Kier alpha value is -5.09. The number of likely N-dealkylation sites (tertiary alicyclic amines) is 1. The van der Waals surface area contributed by atoms with E-state index in [4.69, 9.17) is 4.98 Å². The predicted octanol–water partition coefficient (Wildman–Crippen LogP) is 5.30. The van der Waals surface area contributed by atoms with Crippen molar-refractivity contribution in [3.63, 3.8) is 0 Å². The second kappa shape index (κ2) is 18.5. The minimum absolute atomic E-state index is 0.0678. The first-order valence-corrected chi connectivity index (χ1v) is 22.3. The van der Waals surface area contributed by atoms with Gasteiger partial charge in [0.25, 0.3) is 17.7 Å². The molecule has 61 heavy (non-hydrogen) atoms. The first-order valence-electron chi connectivity index (χ1n) is 21.5. The molecule has 15 heteroatoms. The summed E-state index contributed by atoms with van der Waals surface area (Å²) in [7, 11) is 0. The minimum Gasteiger partial charge on any atom is -0.386 e. The lowest BCUT2D eigenvalue weighted by molar-refractivity contribution is -0.149. The molecule has 3 aliphatic heterocycles. The number of carbonyl (C=O) groups is 5. The van der Waals surface area contributed by atoms with Crippen LogP contribution in [0.5, 0.6) is 0 Å². The molecule has 2 atom stereocenters. The number of hydrogen-bond donors (Lipinski definition) is 4. The lowest BCUT2D eigenvalue weighted by atomic mass is 9.82. The predicted molar refractivity (Wildman–Crippen MR) is 236 cm³/mol. The molecule has 4 fully saturated rings. The number of amides is 5. The molecule has 3 aromatic rings. The smallest absolute Gasteiger partial charge is 0.274 e. The quantitative estimate of drug-likeness (QED) is 0.0998. The maximum absolute atomic E-state index is 13.6. The van der Waals surface area contributed by atoms with E-state index in [-0.39, 0.29) is 29.9 Å². The fourth-order valence-corrected chi connectivity index (χ4v) is 10.4. The average Bonchev–Trinajstić information content (AvgIpc) is 3.75. The summed E-state index contributed by atoms with van der Waals surface area (Å²) in [6.07, 6.45) is 8.60. The van der Waals surface area contributed by atoms with Gasteiger partial charge in [-0.05, 0) is 109 Å². The number of allylic oxidation sites excluding steroid dienone is 2. The van der Waals surface area contributed by atoms with Crippen molar-refractivity contribution in [1.29, 1.82) is 0 Å². The zero-order valence-electron chi connectivity index (χ0n) is 35.9. The molecule has 3 saturated heterocycles. The number of benzene rings is 1. The van der Waals surface area contributed by atoms with Crippen LogP contribution in [0.3, 0.4) is 0 Å². The highest BCUT2D eigenvalue weighted by Gasteiger charge is 2.47. The Morgan fingerprint density at radius 1 is 1.07 bits per heavy atom. The van der Waals surface area contributed by atoms with Crippen LogP contribution in [0.4, 0.5) is 5.69 Å². The zero-order valence-corrected chi connectivity index (χ0v) is 36.7. The van der Waals surface area contributed by atoms with Gasteiger partial charge < -0.3 is 20.6 Å². The molecule has 5 amide bonds. The fourth-order valence-electron chi connectivity index (χ4n) is 9.23. The number of thiazole rings is 1. The van der Waals surface area contributed by atoms with Crippen LogP contribution in [-0.4, -0.2) is 111 Å². The summed E-state index contributed by atoms with van der Waals surface area (Å²) in [5.41, 5.74) is 2.82. The lowest BCUT2D eigenvalue weighted by Gasteiger charge is -2.42. The highest BCUT2D eigenvalue weighted by molar-refractivity contribution is 7.18. The Labute approximate surface area is 361 Å². The summed E-state index contributed by atoms with van der Waals surface area (Å²) in [5, 5.41) is 20.7. The van der Waals surface area contributed by atoms with Crippen LogP contribution in [0.1, 0.15) is 105 Å². The molecule has 1 aromatic carbocycles. The molecular formula is C46H58N8O6S. The number of nitrogens with one attached hydrogen (secondary N) is 3. The third kappa shape index (κ3) is 9.70. The number of aromatic nitrogens is 2. The van der Waals surface area contributed by atoms with Gasteiger partial charge in [-0.3, -0.25) is 39.1 Å². The molecule has 1 saturated carbocycles. The molecular weight excluding hydrogens is 793 g/mol. The number of piperazine rings is 1. The van der Waals surface area contributed by atoms with Crippen molar-refractivity contribution in [3.8, 4) is 0 Å². The maximum Gasteiger partial charge on any atom is 0.274 e. The van der Waals surface area contributed by atoms with E-state index in [0.717, 1.165) is 90.6 Å². The van der Waals surface area contributed by atoms with Gasteiger partial charge in [-0.25, -0.2) is 9.97 Å². The summed E-state index contributed by atoms with van der Waals surface area (Å²) >= 11 is 1.68. The summed E-state index contributed by atoms with van der Waals surface area (Å²) in [5.74, 6) is -1.43. The number of pyridine rings is 1. The molecule has 0 spiro atoms. The average molecular weight is 851 g/mol. The van der Waals surface area contributed by atoms with E-state index < -0.39 is 35.3 Å². The van der Waals surface area contributed by atoms with Crippen LogP contribution < -0.4 is 16.0 Å². The second-order valence-electron chi connectivity index (χ2n) is 17.4. The van der Waals surface area contributed by atoms with Crippen molar-refractivity contribution < 1.29 is 29.1 Å². The Balaban J connectivity index is 0.882. The minimum atomic E-state index is -1.18. The third-order valence-electron chi connectivity index (χ3n) is 12.5. The summed E-state index contributed by atoms with van der Waals surface area (Å²) in [6.45, 7) is 18.7. The monoisotopic (exact) mass is 850 g/mol. The standard InChI is InChI=1S/C46H58N8O6S/c1-7-31-40(45(59)54(44(31)58)37-17-18-39(55)51-42(37)57)33(8-2)47-19-10-20-53-22-21-52(25-28(53)4)26-29-13-15-30(16-14-29)43-50-36-23-32(46(5,6)60)35(24-38(36)61-43)49-41(56)34-12-9-11-27(3)48-34/h7-9,11-12,23-24,28-30,37,47,60H,2,10,13-22,25-26H2,1,3-6H3,(H,49,56)(H,51,55,57)/b31-7+,40-33-/t28-,29?,30?,37?/m0/s1. The third-order valence-corrected chi connectivity index (χ3v) is 13.7. The SMILES string of the molecule is C=C/C(NCCCN1CCN(CC2CCC(c3nc4cc(C(C)(C)O)c(NC(=O)c5cccc(C)n5)cc4s3)CC2)C[C@@H]1C)=C1/C(=O)N(C2CCC(=O)NC2=O)C(=O)/C1=C/C. The topological polar surface area (TPSA) is 177 Å². The van der Waals surface area contributed by atoms with Crippen molar-refractivity contribution in [3.05, 3.63) is 87.9 Å². The van der Waals surface area contributed by atoms with Crippen molar-refractivity contribution in [2.24, 2.45) is 5.92 Å². The van der Waals surface area contributed by atoms with Gasteiger partial charge in [-0.2, -0.15) is 0 Å². The molecule has 0 bridgehead atoms. The second-order valence-corrected chi connectivity index (χ2v) is 18.4. The van der Waals surface area contributed by atoms with Gasteiger partial charge in [0.05, 0.1) is 32.0 Å². The van der Waals surface area contributed by atoms with E-state index >= 15 is 0 Å². The first-order chi connectivity index (χ1) is 29.1. The first kappa shape index (κ1) is 44.0. The molecule has 0 radical (unpaired) electrons. The number of imide groups is 2. The van der Waals surface area contributed by atoms with E-state index in [2.05, 4.69) is 44.2 Å². The summed E-state index contributed by atoms with van der Waals surface area (Å²) in [6, 6.07) is 8.57. The normalized spacial score (nSPS) is 24.7. The molecule has 5 heterocycles. The summed E-state index contributed by atoms with van der Waals surface area (Å²) < 4.78 is 0.986. The molecule has 7 rings (SSSR count). The number of aliphatic hydroxyl groups is 1. The van der Waals surface area contributed by atoms with Crippen molar-refractivity contribution in [2.45, 2.75) is 103 Å². The zero-order chi connectivity index (χ0) is 43.6. The van der Waals surface area contributed by atoms with Gasteiger partial charge in [0.2, 0.25) is 11.8 Å². The number of aryl methyl sites for hydroxylation is 1. The van der Waals surface area contributed by atoms with Crippen LogP contribution in [0.25, 0.3) is 10.2 Å². The van der Waals surface area contributed by atoms with Gasteiger partial charge in [-0.1, -0.05) is 18.7 Å². The van der Waals surface area contributed by atoms with E-state index in [0.29, 0.717) is 47.1 Å². The summed E-state index contributed by atoms with van der Waals surface area (Å²) in [4.78, 5) is 79.7. The Bertz CT molecular complexity index is 2290. The number of rotatable bonds is 13. The van der Waals surface area contributed by atoms with Crippen molar-refractivity contribution >= 4 is 56.8 Å². The van der Waals surface area contributed by atoms with E-state index in [1.165, 1.54) is 0 Å². The van der Waals surface area contributed by atoms with Crippen LogP contribution in [-0.2, 0) is 24.8 Å². The molecule has 1 unspecified atom stereocenters. The highest BCUT2D eigenvalue weighted by Crippen LogP contribution is 2.42. The fraction of sp³-hybridized carbons (Fsp3) is 0.500. The number of hydrogen-bond acceptors (Lipinski definition) is 12. The molecule has 4 N–H and O–H groups in total. The highest BCUT2D eigenvalue weighted by atomic mass is 32.1. The van der Waals surface area contributed by atoms with Crippen molar-refractivity contribution in [2.75, 3.05) is 44.6 Å². The molecule has 324 valence electrons. The number of piperidine rings is 1. The molecule has 14 nitrogen and oxygen atoms in total. The van der Waals surface area contributed by atoms with Crippen LogP contribution in [0.15, 0.2) is 65.9 Å². The largest absolute Gasteiger partial charge is 0.386 e. The van der Waals surface area contributed by atoms with E-state index in [9.17, 15) is 29.1 Å². The number of carbonyl (C=O) groups excluding carboxylic acids is 5. The maximum atomic E-state index is 13.6. The Morgan fingerprint density at radius 3 is 2.51 bits per heavy atom. The number of fused-ring (bicyclic) bond motifs is 1. The van der Waals surface area contributed by atoms with Crippen molar-refractivity contribution in [1.82, 2.24) is 35.3 Å². The van der Waals surface area contributed by atoms with Crippen LogP contribution in [0.2, 0.25) is 0 Å². The van der Waals surface area contributed by atoms with Gasteiger partial charge in [-0.15, -0.1) is 11.3 Å². The van der Waals surface area contributed by atoms with Gasteiger partial charge in [0.1, 0.15) is 11.7 Å². The number of nitrogens with zero attached hydrogens (tertiary/aromatic N) is 5. The van der Waals surface area contributed by atoms with Gasteiger partial charge in [0.15, 0.2) is 0 Å². The van der Waals surface area contributed by atoms with E-state index in [1.54, 1.807) is 50.3 Å². The molecule has 1 aliphatic carbocycles. The molecule has 4 aliphatic rings. The van der Waals surface area contributed by atoms with Crippen LogP contribution >= 0.6 is 11.3 Å². The van der Waals surface area contributed by atoms with Crippen LogP contribution in [0, 0.1) is 12.8 Å². The number of anilines is 1. The molecule has 2 aromatic heterocycles. The van der Waals surface area contributed by atoms with Gasteiger partial charge in [0, 0.05) is 80.3 Å². The lowest BCUT2D eigenvalue weighted by Crippen LogP contribution is -2.54. The Morgan fingerprint density at radius 2 is 1.84 bits per heavy atom. The van der Waals surface area contributed by atoms with Gasteiger partial charge >= 0.3 is 0 Å². The van der Waals surface area contributed by atoms with E-state index in [1.807, 2.05) is 31.2 Å². The Kier molecular flexibility index (Phi) is 13.3.